The minimum Gasteiger partial charge on any atom is -0.257 e. The maximum atomic E-state index is 13.0. The fourth-order valence-corrected chi connectivity index (χ4v) is 1.78. The third-order valence-electron chi connectivity index (χ3n) is 1.34. The van der Waals surface area contributed by atoms with Crippen molar-refractivity contribution in [2.75, 3.05) is 0 Å². The number of hydrogen-bond donors (Lipinski definition) is 2. The summed E-state index contributed by atoms with van der Waals surface area (Å²) in [7, 11) is -3.91. The zero-order valence-corrected chi connectivity index (χ0v) is 8.69. The second-order valence-electron chi connectivity index (χ2n) is 2.20. The van der Waals surface area contributed by atoms with Crippen molar-refractivity contribution in [1.29, 1.82) is 0 Å². The Morgan fingerprint density at radius 2 is 2.08 bits per heavy atom. The quantitative estimate of drug-likeness (QED) is 0.614. The predicted molar refractivity (Wildman–Crippen MR) is 48.6 cm³/mol. The normalized spacial score (nSPS) is 11.6. The zero-order valence-electron chi connectivity index (χ0n) is 6.29. The van der Waals surface area contributed by atoms with Crippen LogP contribution in [0.1, 0.15) is 0 Å². The molecule has 7 heteroatoms. The third-order valence-corrected chi connectivity index (χ3v) is 3.05. The van der Waals surface area contributed by atoms with Crippen LogP contribution in [0.2, 0.25) is 0 Å². The van der Waals surface area contributed by atoms with Gasteiger partial charge >= 0.3 is 0 Å². The standard InChI is InChI=1S/C6H6BrFN2O2S/c7-4-1-2-6(5(8)3-4)13(11,12)10-9/h1-3,10H,9H2. The number of hydrogen-bond acceptors (Lipinski definition) is 3. The molecule has 0 heterocycles. The molecule has 0 saturated heterocycles. The first-order valence-corrected chi connectivity index (χ1v) is 5.42. The summed E-state index contributed by atoms with van der Waals surface area (Å²) in [6.45, 7) is 0. The monoisotopic (exact) mass is 268 g/mol. The fraction of sp³-hybridized carbons (Fsp3) is 0. The van der Waals surface area contributed by atoms with Crippen molar-refractivity contribution in [3.8, 4) is 0 Å². The summed E-state index contributed by atoms with van der Waals surface area (Å²) in [4.78, 5) is 1.06. The van der Waals surface area contributed by atoms with E-state index in [9.17, 15) is 12.8 Å². The van der Waals surface area contributed by atoms with Gasteiger partial charge in [0, 0.05) is 4.47 Å². The Labute approximate surface area is 83.1 Å². The molecule has 1 aromatic rings. The maximum absolute atomic E-state index is 13.0. The third kappa shape index (κ3) is 2.25. The second-order valence-corrected chi connectivity index (χ2v) is 4.79. The van der Waals surface area contributed by atoms with Crippen LogP contribution in [-0.2, 0) is 10.0 Å². The van der Waals surface area contributed by atoms with Gasteiger partial charge in [0.2, 0.25) is 0 Å². The molecule has 1 aromatic carbocycles. The Morgan fingerprint density at radius 1 is 1.46 bits per heavy atom. The predicted octanol–water partition coefficient (Wildman–Crippen LogP) is 0.740. The number of nitrogens with one attached hydrogen (secondary N) is 1. The van der Waals surface area contributed by atoms with Crippen molar-refractivity contribution in [1.82, 2.24) is 4.83 Å². The van der Waals surface area contributed by atoms with Gasteiger partial charge in [-0.15, -0.1) is 4.83 Å². The zero-order chi connectivity index (χ0) is 10.1. The lowest BCUT2D eigenvalue weighted by molar-refractivity contribution is 0.558. The van der Waals surface area contributed by atoms with Gasteiger partial charge in [0.25, 0.3) is 10.0 Å². The van der Waals surface area contributed by atoms with Crippen molar-refractivity contribution < 1.29 is 12.8 Å². The summed E-state index contributed by atoms with van der Waals surface area (Å²) in [5.74, 6) is 3.87. The maximum Gasteiger partial charge on any atom is 0.255 e. The Morgan fingerprint density at radius 3 is 2.54 bits per heavy atom. The van der Waals surface area contributed by atoms with Gasteiger partial charge < -0.3 is 0 Å². The fourth-order valence-electron chi connectivity index (χ4n) is 0.757. The Bertz CT molecular complexity index is 421. The SMILES string of the molecule is NNS(=O)(=O)c1ccc(Br)cc1F. The van der Waals surface area contributed by atoms with Gasteiger partial charge in [0.15, 0.2) is 0 Å². The first-order valence-electron chi connectivity index (χ1n) is 3.15. The first-order chi connectivity index (χ1) is 5.97. The summed E-state index contributed by atoms with van der Waals surface area (Å²) in [5.41, 5.74) is 0. The lowest BCUT2D eigenvalue weighted by Gasteiger charge is -2.03. The highest BCUT2D eigenvalue weighted by Crippen LogP contribution is 2.18. The molecule has 13 heavy (non-hydrogen) atoms. The van der Waals surface area contributed by atoms with Crippen molar-refractivity contribution in [3.05, 3.63) is 28.5 Å². The van der Waals surface area contributed by atoms with E-state index in [1.807, 2.05) is 0 Å². The summed E-state index contributed by atoms with van der Waals surface area (Å²) < 4.78 is 35.6. The minimum atomic E-state index is -3.91. The number of nitrogens with two attached hydrogens (primary N) is 1. The van der Waals surface area contributed by atoms with Gasteiger partial charge in [-0.25, -0.2) is 12.8 Å². The van der Waals surface area contributed by atoms with Crippen molar-refractivity contribution in [2.24, 2.45) is 5.84 Å². The minimum absolute atomic E-state index is 0.459. The molecule has 72 valence electrons. The van der Waals surface area contributed by atoms with Gasteiger partial charge in [-0.05, 0) is 18.2 Å². The number of benzene rings is 1. The van der Waals surface area contributed by atoms with E-state index in [4.69, 9.17) is 5.84 Å². The van der Waals surface area contributed by atoms with Gasteiger partial charge in [0.1, 0.15) is 10.7 Å². The second kappa shape index (κ2) is 3.70. The smallest absolute Gasteiger partial charge is 0.255 e. The lowest BCUT2D eigenvalue weighted by Crippen LogP contribution is -2.30. The summed E-state index contributed by atoms with van der Waals surface area (Å²) in [6.07, 6.45) is 0. The summed E-state index contributed by atoms with van der Waals surface area (Å²) in [6, 6.07) is 3.58. The molecular weight excluding hydrogens is 263 g/mol. The highest BCUT2D eigenvalue weighted by Gasteiger charge is 2.16. The molecule has 0 unspecified atom stereocenters. The molecule has 1 rings (SSSR count). The number of hydrazine groups is 1. The van der Waals surface area contributed by atoms with E-state index in [0.717, 1.165) is 12.1 Å². The highest BCUT2D eigenvalue weighted by molar-refractivity contribution is 9.10. The Balaban J connectivity index is 3.33. The van der Waals surface area contributed by atoms with E-state index in [1.54, 1.807) is 0 Å². The molecule has 0 aliphatic heterocycles. The van der Waals surface area contributed by atoms with E-state index in [1.165, 1.54) is 10.9 Å². The highest BCUT2D eigenvalue weighted by atomic mass is 79.9. The van der Waals surface area contributed by atoms with Gasteiger partial charge in [-0.2, -0.15) is 0 Å². The molecule has 0 spiro atoms. The molecule has 0 aliphatic rings. The molecule has 3 N–H and O–H groups in total. The Kier molecular flexibility index (Phi) is 3.01. The number of rotatable bonds is 2. The van der Waals surface area contributed by atoms with Crippen LogP contribution in [0.4, 0.5) is 4.39 Å². The van der Waals surface area contributed by atoms with Gasteiger partial charge in [-0.1, -0.05) is 15.9 Å². The van der Waals surface area contributed by atoms with Gasteiger partial charge in [0.05, 0.1) is 0 Å². The summed E-state index contributed by atoms with van der Waals surface area (Å²) in [5, 5.41) is 0. The number of halogens is 2. The molecular formula is C6H6BrFN2O2S. The lowest BCUT2D eigenvalue weighted by atomic mass is 10.3. The molecule has 0 saturated carbocycles. The molecule has 0 radical (unpaired) electrons. The molecule has 0 atom stereocenters. The van der Waals surface area contributed by atoms with Crippen LogP contribution in [0.5, 0.6) is 0 Å². The topological polar surface area (TPSA) is 72.2 Å². The van der Waals surface area contributed by atoms with Crippen LogP contribution >= 0.6 is 15.9 Å². The average molecular weight is 269 g/mol. The van der Waals surface area contributed by atoms with E-state index >= 15 is 0 Å². The molecule has 0 aromatic heterocycles. The van der Waals surface area contributed by atoms with Crippen molar-refractivity contribution in [2.45, 2.75) is 4.90 Å². The van der Waals surface area contributed by atoms with Gasteiger partial charge in [-0.3, -0.25) is 5.84 Å². The van der Waals surface area contributed by atoms with Crippen molar-refractivity contribution in [3.63, 3.8) is 0 Å². The molecule has 4 nitrogen and oxygen atoms in total. The van der Waals surface area contributed by atoms with Crippen LogP contribution in [0.3, 0.4) is 0 Å². The summed E-state index contributed by atoms with van der Waals surface area (Å²) >= 11 is 3.00. The van der Waals surface area contributed by atoms with E-state index < -0.39 is 20.7 Å². The first kappa shape index (κ1) is 10.6. The van der Waals surface area contributed by atoms with Crippen LogP contribution < -0.4 is 10.7 Å². The molecule has 0 aliphatic carbocycles. The van der Waals surface area contributed by atoms with Crippen molar-refractivity contribution >= 4 is 26.0 Å². The molecule has 0 amide bonds. The average Bonchev–Trinajstić information content (AvgIpc) is 2.03. The van der Waals surface area contributed by atoms with Crippen LogP contribution in [0, 0.1) is 5.82 Å². The van der Waals surface area contributed by atoms with Crippen LogP contribution in [-0.4, -0.2) is 8.42 Å². The van der Waals surface area contributed by atoms with E-state index in [0.29, 0.717) is 4.47 Å². The Hall–Kier alpha value is -0.500. The molecule has 0 fully saturated rings. The largest absolute Gasteiger partial charge is 0.257 e. The van der Waals surface area contributed by atoms with Crippen LogP contribution in [0.15, 0.2) is 27.6 Å². The molecule has 0 bridgehead atoms. The van der Waals surface area contributed by atoms with Crippen LogP contribution in [0.25, 0.3) is 0 Å². The van der Waals surface area contributed by atoms with E-state index in [-0.39, 0.29) is 0 Å². The van der Waals surface area contributed by atoms with E-state index in [2.05, 4.69) is 15.9 Å². The number of sulfonamides is 1.